The van der Waals surface area contributed by atoms with Crippen molar-refractivity contribution in [3.63, 3.8) is 0 Å². The molecule has 3 fully saturated rings. The van der Waals surface area contributed by atoms with Crippen molar-refractivity contribution in [1.29, 1.82) is 0 Å². The zero-order chi connectivity index (χ0) is 23.9. The maximum Gasteiger partial charge on any atom is 0.187 e. The van der Waals surface area contributed by atoms with Gasteiger partial charge in [0, 0.05) is 0 Å². The first kappa shape index (κ1) is 26.1. The molecular formula is C18H32O14. The van der Waals surface area contributed by atoms with E-state index in [0.717, 1.165) is 0 Å². The summed E-state index contributed by atoms with van der Waals surface area (Å²) in [5.74, 6) is 0. The topological polar surface area (TPSA) is 228 Å². The molecule has 0 aromatic rings. The molecule has 3 rings (SSSR count). The van der Waals surface area contributed by atoms with Crippen molar-refractivity contribution in [3.05, 3.63) is 0 Å². The Morgan fingerprint density at radius 3 is 1.69 bits per heavy atom. The van der Waals surface area contributed by atoms with Crippen LogP contribution in [0.2, 0.25) is 0 Å². The molecule has 15 atom stereocenters. The molecule has 0 saturated carbocycles. The Balaban J connectivity index is 1.72. The summed E-state index contributed by atoms with van der Waals surface area (Å²) in [5, 5.41) is 90.5. The quantitative estimate of drug-likeness (QED) is 0.182. The van der Waals surface area contributed by atoms with Crippen molar-refractivity contribution in [3.8, 4) is 0 Å². The zero-order valence-corrected chi connectivity index (χ0v) is 17.4. The van der Waals surface area contributed by atoms with Crippen molar-refractivity contribution in [2.75, 3.05) is 6.61 Å². The van der Waals surface area contributed by atoms with E-state index in [4.69, 9.17) is 28.8 Å². The van der Waals surface area contributed by atoms with Crippen LogP contribution in [0.1, 0.15) is 13.8 Å². The molecule has 0 spiro atoms. The summed E-state index contributed by atoms with van der Waals surface area (Å²) in [6, 6.07) is 0. The lowest BCUT2D eigenvalue weighted by atomic mass is 9.96. The van der Waals surface area contributed by atoms with Crippen LogP contribution in [0.25, 0.3) is 0 Å². The third-order valence-corrected chi connectivity index (χ3v) is 6.02. The summed E-state index contributed by atoms with van der Waals surface area (Å²) in [6.45, 7) is 2.17. The van der Waals surface area contributed by atoms with Crippen LogP contribution in [0, 0.1) is 0 Å². The van der Waals surface area contributed by atoms with Gasteiger partial charge in [0.25, 0.3) is 0 Å². The van der Waals surface area contributed by atoms with Gasteiger partial charge >= 0.3 is 0 Å². The predicted octanol–water partition coefficient (Wildman–Crippen LogP) is -5.52. The van der Waals surface area contributed by atoms with E-state index >= 15 is 0 Å². The maximum absolute atomic E-state index is 10.7. The Morgan fingerprint density at radius 1 is 0.562 bits per heavy atom. The van der Waals surface area contributed by atoms with Gasteiger partial charge in [-0.05, 0) is 13.8 Å². The molecule has 3 aliphatic rings. The van der Waals surface area contributed by atoms with Crippen molar-refractivity contribution in [2.45, 2.75) is 106 Å². The van der Waals surface area contributed by atoms with E-state index in [-0.39, 0.29) is 0 Å². The Hall–Kier alpha value is -0.560. The Kier molecular flexibility index (Phi) is 8.44. The molecule has 9 N–H and O–H groups in total. The zero-order valence-electron chi connectivity index (χ0n) is 17.4. The van der Waals surface area contributed by atoms with Crippen LogP contribution in [-0.2, 0) is 23.7 Å². The number of hydrogen-bond donors (Lipinski definition) is 9. The number of ether oxygens (including phenoxy) is 5. The van der Waals surface area contributed by atoms with Gasteiger partial charge in [-0.15, -0.1) is 0 Å². The van der Waals surface area contributed by atoms with Gasteiger partial charge in [0.15, 0.2) is 18.9 Å². The molecule has 0 radical (unpaired) electrons. The van der Waals surface area contributed by atoms with Gasteiger partial charge < -0.3 is 69.6 Å². The second-order valence-corrected chi connectivity index (χ2v) is 8.30. The molecular weight excluding hydrogens is 440 g/mol. The molecule has 32 heavy (non-hydrogen) atoms. The highest BCUT2D eigenvalue weighted by molar-refractivity contribution is 4.95. The Bertz CT molecular complexity index is 610. The van der Waals surface area contributed by atoms with Crippen molar-refractivity contribution >= 4 is 0 Å². The molecule has 0 aromatic heterocycles. The number of aliphatic hydroxyl groups is 9. The molecule has 3 aliphatic heterocycles. The Labute approximate surface area is 183 Å². The summed E-state index contributed by atoms with van der Waals surface area (Å²) in [6.07, 6.45) is -22.4. The average molecular weight is 472 g/mol. The molecule has 3 heterocycles. The lowest BCUT2D eigenvalue weighted by Gasteiger charge is -2.47. The van der Waals surface area contributed by atoms with E-state index in [2.05, 4.69) is 0 Å². The van der Waals surface area contributed by atoms with Crippen molar-refractivity contribution in [2.24, 2.45) is 0 Å². The highest BCUT2D eigenvalue weighted by Crippen LogP contribution is 2.31. The summed E-state index contributed by atoms with van der Waals surface area (Å²) >= 11 is 0. The first-order chi connectivity index (χ1) is 15.0. The lowest BCUT2D eigenvalue weighted by molar-refractivity contribution is -0.378. The first-order valence-corrected chi connectivity index (χ1v) is 10.3. The third-order valence-electron chi connectivity index (χ3n) is 6.02. The molecule has 14 heteroatoms. The van der Waals surface area contributed by atoms with E-state index in [0.29, 0.717) is 0 Å². The van der Waals surface area contributed by atoms with Gasteiger partial charge in [-0.1, -0.05) is 0 Å². The van der Waals surface area contributed by atoms with E-state index in [1.165, 1.54) is 13.8 Å². The fourth-order valence-corrected chi connectivity index (χ4v) is 3.92. The molecule has 188 valence electrons. The van der Waals surface area contributed by atoms with E-state index in [1.54, 1.807) is 0 Å². The van der Waals surface area contributed by atoms with Crippen LogP contribution < -0.4 is 0 Å². The second-order valence-electron chi connectivity index (χ2n) is 8.30. The van der Waals surface area contributed by atoms with Crippen LogP contribution in [-0.4, -0.2) is 145 Å². The second kappa shape index (κ2) is 10.4. The standard InChI is InChI=1S/C18H32O14/c1-4-7(20)10(23)12(25)17(28-4)31-14-8(21)5(2)29-18(13(14)26)32-15-11(24)9(22)6(3-19)30-16(15)27/h4-27H,3H2,1-2H3. The minimum atomic E-state index is -1.79. The average Bonchev–Trinajstić information content (AvgIpc) is 2.76. The highest BCUT2D eigenvalue weighted by atomic mass is 16.7. The summed E-state index contributed by atoms with van der Waals surface area (Å²) in [5.41, 5.74) is 0. The normalized spacial score (nSPS) is 55.0. The van der Waals surface area contributed by atoms with Gasteiger partial charge in [0.2, 0.25) is 0 Å². The van der Waals surface area contributed by atoms with Gasteiger partial charge in [-0.25, -0.2) is 0 Å². The van der Waals surface area contributed by atoms with Crippen LogP contribution >= 0.6 is 0 Å². The van der Waals surface area contributed by atoms with Gasteiger partial charge in [-0.2, -0.15) is 0 Å². The van der Waals surface area contributed by atoms with Crippen LogP contribution in [0.3, 0.4) is 0 Å². The van der Waals surface area contributed by atoms with Crippen LogP contribution in [0.15, 0.2) is 0 Å². The summed E-state index contributed by atoms with van der Waals surface area (Å²) in [4.78, 5) is 0. The minimum absolute atomic E-state index is 0.674. The van der Waals surface area contributed by atoms with Crippen molar-refractivity contribution in [1.82, 2.24) is 0 Å². The molecule has 3 saturated heterocycles. The lowest BCUT2D eigenvalue weighted by Crippen LogP contribution is -2.65. The van der Waals surface area contributed by atoms with E-state index in [9.17, 15) is 40.9 Å². The molecule has 0 bridgehead atoms. The van der Waals surface area contributed by atoms with Gasteiger partial charge in [-0.3, -0.25) is 0 Å². The summed E-state index contributed by atoms with van der Waals surface area (Å²) in [7, 11) is 0. The van der Waals surface area contributed by atoms with Crippen LogP contribution in [0.5, 0.6) is 0 Å². The largest absolute Gasteiger partial charge is 0.394 e. The van der Waals surface area contributed by atoms with Gasteiger partial charge in [0.05, 0.1) is 18.8 Å². The summed E-state index contributed by atoms with van der Waals surface area (Å²) < 4.78 is 26.7. The molecule has 15 unspecified atom stereocenters. The predicted molar refractivity (Wildman–Crippen MR) is 98.4 cm³/mol. The number of rotatable bonds is 5. The highest BCUT2D eigenvalue weighted by Gasteiger charge is 2.52. The van der Waals surface area contributed by atoms with Crippen LogP contribution in [0.4, 0.5) is 0 Å². The fourth-order valence-electron chi connectivity index (χ4n) is 3.92. The molecule has 0 aliphatic carbocycles. The smallest absolute Gasteiger partial charge is 0.187 e. The molecule has 0 aromatic carbocycles. The SMILES string of the molecule is CC1OC(OC2C(O)C(C)OC(OC3C(O)OC(CO)C(O)C3O)C2O)C(O)C(O)C1O. The fraction of sp³-hybridized carbons (Fsp3) is 1.00. The number of aliphatic hydroxyl groups excluding tert-OH is 9. The maximum atomic E-state index is 10.7. The molecule has 14 nitrogen and oxygen atoms in total. The van der Waals surface area contributed by atoms with Crippen molar-refractivity contribution < 1.29 is 69.6 Å². The molecule has 0 amide bonds. The third kappa shape index (κ3) is 4.94. The van der Waals surface area contributed by atoms with Gasteiger partial charge in [0.1, 0.15) is 61.0 Å². The minimum Gasteiger partial charge on any atom is -0.394 e. The Morgan fingerprint density at radius 2 is 1.09 bits per heavy atom. The first-order valence-electron chi connectivity index (χ1n) is 10.3. The monoisotopic (exact) mass is 472 g/mol. The van der Waals surface area contributed by atoms with E-state index in [1.807, 2.05) is 0 Å². The van der Waals surface area contributed by atoms with E-state index < -0.39 is 98.7 Å². The number of hydrogen-bond acceptors (Lipinski definition) is 14.